The van der Waals surface area contributed by atoms with Crippen LogP contribution in [0.25, 0.3) is 0 Å². The van der Waals surface area contributed by atoms with Crippen molar-refractivity contribution in [2.75, 3.05) is 26.2 Å². The largest absolute Gasteiger partial charge is 0.475 e. The monoisotopic (exact) mass is 448 g/mol. The molecular weight excluding hydrogens is 424 g/mol. The predicted molar refractivity (Wildman–Crippen MR) is 112 cm³/mol. The first-order chi connectivity index (χ1) is 14.6. The highest BCUT2D eigenvalue weighted by Gasteiger charge is 2.32. The van der Waals surface area contributed by atoms with Gasteiger partial charge in [-0.15, -0.1) is 0 Å². The van der Waals surface area contributed by atoms with Crippen molar-refractivity contribution in [2.45, 2.75) is 31.8 Å². The Kier molecular flexibility index (Phi) is 6.56. The maximum atomic E-state index is 13.0. The molecule has 3 rings (SSSR count). The lowest BCUT2D eigenvalue weighted by Crippen LogP contribution is -2.50. The van der Waals surface area contributed by atoms with Gasteiger partial charge in [0.15, 0.2) is 0 Å². The summed E-state index contributed by atoms with van der Waals surface area (Å²) in [6.07, 6.45) is 1.41. The second kappa shape index (κ2) is 8.98. The molecule has 0 bridgehead atoms. The molecule has 1 aromatic heterocycles. The van der Waals surface area contributed by atoms with Gasteiger partial charge in [-0.1, -0.05) is 6.07 Å². The van der Waals surface area contributed by atoms with E-state index in [-0.39, 0.29) is 48.8 Å². The summed E-state index contributed by atoms with van der Waals surface area (Å²) < 4.78 is 32.8. The molecule has 0 saturated carbocycles. The Morgan fingerprint density at radius 1 is 1.16 bits per heavy atom. The zero-order valence-electron chi connectivity index (χ0n) is 17.5. The molecule has 0 spiro atoms. The van der Waals surface area contributed by atoms with E-state index in [0.29, 0.717) is 17.0 Å². The molecule has 1 aromatic carbocycles. The van der Waals surface area contributed by atoms with E-state index < -0.39 is 14.9 Å². The summed E-state index contributed by atoms with van der Waals surface area (Å²) in [5, 5.41) is 11.0. The summed E-state index contributed by atoms with van der Waals surface area (Å²) in [6.45, 7) is 5.95. The van der Waals surface area contributed by atoms with Crippen LogP contribution in [0.2, 0.25) is 0 Å². The van der Waals surface area contributed by atoms with Crippen molar-refractivity contribution in [3.63, 3.8) is 0 Å². The van der Waals surface area contributed by atoms with Gasteiger partial charge >= 0.3 is 0 Å². The summed E-state index contributed by atoms with van der Waals surface area (Å²) in [5.41, 5.74) is 0.538. The van der Waals surface area contributed by atoms with E-state index >= 15 is 0 Å². The van der Waals surface area contributed by atoms with E-state index in [1.165, 1.54) is 22.6 Å². The zero-order chi connectivity index (χ0) is 22.8. The zero-order valence-corrected chi connectivity index (χ0v) is 18.3. The standard InChI is InChI=1S/C20H24N4O6S/c1-14(2)30-19-7-5-16(13-21-19)20(25)22-8-10-23(11-9-22)31(28,29)18-12-17(24(26)27)6-4-15(18)3/h4-7,12-14H,8-11H2,1-3H3. The summed E-state index contributed by atoms with van der Waals surface area (Å²) in [4.78, 5) is 28.7. The molecule has 11 heteroatoms. The van der Waals surface area contributed by atoms with Gasteiger partial charge in [-0.05, 0) is 32.4 Å². The van der Waals surface area contributed by atoms with Crippen LogP contribution in [0.15, 0.2) is 41.4 Å². The predicted octanol–water partition coefficient (Wildman–Crippen LogP) is 2.23. The number of carbonyl (C=O) groups is 1. The molecule has 1 amide bonds. The van der Waals surface area contributed by atoms with Crippen LogP contribution in [0.5, 0.6) is 5.88 Å². The molecule has 0 radical (unpaired) electrons. The van der Waals surface area contributed by atoms with Crippen molar-refractivity contribution in [2.24, 2.45) is 0 Å². The van der Waals surface area contributed by atoms with E-state index in [4.69, 9.17) is 4.74 Å². The lowest BCUT2D eigenvalue weighted by molar-refractivity contribution is -0.385. The highest BCUT2D eigenvalue weighted by Crippen LogP contribution is 2.26. The number of aromatic nitrogens is 1. The third-order valence-corrected chi connectivity index (χ3v) is 6.91. The molecule has 0 unspecified atom stereocenters. The van der Waals surface area contributed by atoms with Crippen molar-refractivity contribution >= 4 is 21.6 Å². The molecule has 2 heterocycles. The fourth-order valence-electron chi connectivity index (χ4n) is 3.25. The summed E-state index contributed by atoms with van der Waals surface area (Å²) in [5.74, 6) is 0.182. The molecule has 0 N–H and O–H groups in total. The number of rotatable bonds is 6. The number of aryl methyl sites for hydroxylation is 1. The van der Waals surface area contributed by atoms with Crippen molar-refractivity contribution in [3.8, 4) is 5.88 Å². The van der Waals surface area contributed by atoms with Crippen LogP contribution < -0.4 is 4.74 Å². The van der Waals surface area contributed by atoms with Gasteiger partial charge in [0.25, 0.3) is 11.6 Å². The summed E-state index contributed by atoms with van der Waals surface area (Å²) in [6, 6.07) is 7.03. The van der Waals surface area contributed by atoms with Crippen molar-refractivity contribution in [1.29, 1.82) is 0 Å². The highest BCUT2D eigenvalue weighted by atomic mass is 32.2. The van der Waals surface area contributed by atoms with Gasteiger partial charge in [0, 0.05) is 50.6 Å². The fourth-order valence-corrected chi connectivity index (χ4v) is 4.92. The number of sulfonamides is 1. The topological polar surface area (TPSA) is 123 Å². The Labute approximate surface area is 180 Å². The number of pyridine rings is 1. The van der Waals surface area contributed by atoms with Crippen LogP contribution in [0.3, 0.4) is 0 Å². The quantitative estimate of drug-likeness (QED) is 0.490. The second-order valence-electron chi connectivity index (χ2n) is 7.45. The molecule has 0 atom stereocenters. The average molecular weight is 449 g/mol. The number of non-ortho nitro benzene ring substituents is 1. The number of ether oxygens (including phenoxy) is 1. The maximum Gasteiger partial charge on any atom is 0.270 e. The Balaban J connectivity index is 1.69. The minimum Gasteiger partial charge on any atom is -0.475 e. The van der Waals surface area contributed by atoms with Crippen LogP contribution in [-0.2, 0) is 10.0 Å². The lowest BCUT2D eigenvalue weighted by Gasteiger charge is -2.34. The molecule has 166 valence electrons. The number of carbonyl (C=O) groups excluding carboxylic acids is 1. The van der Waals surface area contributed by atoms with Gasteiger partial charge in [-0.3, -0.25) is 14.9 Å². The van der Waals surface area contributed by atoms with Crippen LogP contribution in [0, 0.1) is 17.0 Å². The van der Waals surface area contributed by atoms with Gasteiger partial charge in [0.05, 0.1) is 21.5 Å². The SMILES string of the molecule is Cc1ccc([N+](=O)[O-])cc1S(=O)(=O)N1CCN(C(=O)c2ccc(OC(C)C)nc2)CC1. The molecule has 10 nitrogen and oxygen atoms in total. The number of hydrogen-bond acceptors (Lipinski definition) is 7. The van der Waals surface area contributed by atoms with Gasteiger partial charge < -0.3 is 9.64 Å². The first kappa shape index (κ1) is 22.6. The minimum atomic E-state index is -3.92. The first-order valence-electron chi connectivity index (χ1n) is 9.77. The third-order valence-electron chi connectivity index (χ3n) is 4.87. The van der Waals surface area contributed by atoms with Crippen molar-refractivity contribution < 1.29 is 22.9 Å². The van der Waals surface area contributed by atoms with Crippen LogP contribution in [0.1, 0.15) is 29.8 Å². The Morgan fingerprint density at radius 2 is 1.84 bits per heavy atom. The average Bonchev–Trinajstić information content (AvgIpc) is 2.73. The van der Waals surface area contributed by atoms with Crippen molar-refractivity contribution in [3.05, 3.63) is 57.8 Å². The van der Waals surface area contributed by atoms with E-state index in [0.717, 1.165) is 6.07 Å². The fraction of sp³-hybridized carbons (Fsp3) is 0.400. The van der Waals surface area contributed by atoms with Crippen LogP contribution >= 0.6 is 0 Å². The second-order valence-corrected chi connectivity index (χ2v) is 9.36. The Morgan fingerprint density at radius 3 is 2.39 bits per heavy atom. The number of benzene rings is 1. The van der Waals surface area contributed by atoms with E-state index in [2.05, 4.69) is 4.98 Å². The summed E-state index contributed by atoms with van der Waals surface area (Å²) >= 11 is 0. The van der Waals surface area contributed by atoms with E-state index in [9.17, 15) is 23.3 Å². The molecule has 0 aliphatic carbocycles. The molecular formula is C20H24N4O6S. The van der Waals surface area contributed by atoms with Gasteiger partial charge in [-0.25, -0.2) is 13.4 Å². The Bertz CT molecular complexity index is 1080. The summed E-state index contributed by atoms with van der Waals surface area (Å²) in [7, 11) is -3.92. The number of nitrogens with zero attached hydrogens (tertiary/aromatic N) is 4. The Hall–Kier alpha value is -3.05. The van der Waals surface area contributed by atoms with Gasteiger partial charge in [-0.2, -0.15) is 4.31 Å². The van der Waals surface area contributed by atoms with Crippen LogP contribution in [0.4, 0.5) is 5.69 Å². The van der Waals surface area contributed by atoms with Crippen LogP contribution in [-0.4, -0.2) is 65.7 Å². The van der Waals surface area contributed by atoms with E-state index in [1.807, 2.05) is 13.8 Å². The lowest BCUT2D eigenvalue weighted by atomic mass is 10.2. The van der Waals surface area contributed by atoms with Gasteiger partial charge in [0.2, 0.25) is 15.9 Å². The molecule has 1 fully saturated rings. The molecule has 1 aliphatic heterocycles. The van der Waals surface area contributed by atoms with Gasteiger partial charge in [0.1, 0.15) is 0 Å². The normalized spacial score (nSPS) is 15.2. The van der Waals surface area contributed by atoms with Crippen molar-refractivity contribution in [1.82, 2.24) is 14.2 Å². The third kappa shape index (κ3) is 5.00. The highest BCUT2D eigenvalue weighted by molar-refractivity contribution is 7.89. The van der Waals surface area contributed by atoms with E-state index in [1.54, 1.807) is 24.0 Å². The number of piperazine rings is 1. The smallest absolute Gasteiger partial charge is 0.270 e. The minimum absolute atomic E-state index is 0.0289. The number of hydrogen-bond donors (Lipinski definition) is 0. The number of amides is 1. The number of nitro benzene ring substituents is 1. The molecule has 1 saturated heterocycles. The maximum absolute atomic E-state index is 13.0. The molecule has 2 aromatic rings. The first-order valence-corrected chi connectivity index (χ1v) is 11.2. The molecule has 31 heavy (non-hydrogen) atoms. The molecule has 1 aliphatic rings. The number of nitro groups is 1.